The molecule has 5 nitrogen and oxygen atoms in total. The molecule has 0 bridgehead atoms. The average Bonchev–Trinajstić information content (AvgIpc) is 3.26. The van der Waals surface area contributed by atoms with Crippen molar-refractivity contribution in [1.82, 2.24) is 19.5 Å². The minimum atomic E-state index is 0.590. The van der Waals surface area contributed by atoms with Crippen molar-refractivity contribution in [3.05, 3.63) is 48.4 Å². The lowest BCUT2D eigenvalue weighted by Crippen LogP contribution is -2.21. The Balaban J connectivity index is 1.39. The van der Waals surface area contributed by atoms with Crippen LogP contribution in [0.15, 0.2) is 42.9 Å². The molecule has 5 rings (SSSR count). The fourth-order valence-corrected chi connectivity index (χ4v) is 4.77. The third kappa shape index (κ3) is 3.05. The van der Waals surface area contributed by atoms with Crippen LogP contribution < -0.4 is 5.32 Å². The molecular weight excluding hydrogens is 342 g/mol. The third-order valence-corrected chi connectivity index (χ3v) is 6.06. The molecule has 26 heavy (non-hydrogen) atoms. The lowest BCUT2D eigenvalue weighted by molar-refractivity contribution is 0.462. The SMILES string of the molecule is c1cnc2c(c1)ncn2Cc1ccc2nc(NC3CCCCC3)sc2c1. The van der Waals surface area contributed by atoms with Gasteiger partial charge < -0.3 is 9.88 Å². The van der Waals surface area contributed by atoms with E-state index in [0.29, 0.717) is 6.04 Å². The molecule has 3 heterocycles. The van der Waals surface area contributed by atoms with Crippen LogP contribution in [0.2, 0.25) is 0 Å². The monoisotopic (exact) mass is 363 g/mol. The van der Waals surface area contributed by atoms with E-state index < -0.39 is 0 Å². The van der Waals surface area contributed by atoms with Crippen LogP contribution in [-0.2, 0) is 6.54 Å². The highest BCUT2D eigenvalue weighted by Gasteiger charge is 2.15. The first kappa shape index (κ1) is 15.8. The Morgan fingerprint density at radius 3 is 2.92 bits per heavy atom. The number of imidazole rings is 1. The molecule has 1 aliphatic carbocycles. The van der Waals surface area contributed by atoms with Gasteiger partial charge in [0.2, 0.25) is 0 Å². The summed E-state index contributed by atoms with van der Waals surface area (Å²) in [6.07, 6.45) is 10.3. The van der Waals surface area contributed by atoms with Crippen molar-refractivity contribution in [2.45, 2.75) is 44.7 Å². The normalized spacial score (nSPS) is 15.7. The summed E-state index contributed by atoms with van der Waals surface area (Å²) in [6, 6.07) is 11.0. The highest BCUT2D eigenvalue weighted by Crippen LogP contribution is 2.30. The number of thiazole rings is 1. The number of nitrogens with zero attached hydrogens (tertiary/aromatic N) is 4. The predicted octanol–water partition coefficient (Wildman–Crippen LogP) is 4.83. The fourth-order valence-electron chi connectivity index (χ4n) is 3.76. The Morgan fingerprint density at radius 2 is 2.00 bits per heavy atom. The number of nitrogens with one attached hydrogen (secondary N) is 1. The summed E-state index contributed by atoms with van der Waals surface area (Å²) in [4.78, 5) is 13.6. The van der Waals surface area contributed by atoms with E-state index in [2.05, 4.69) is 38.1 Å². The number of anilines is 1. The molecule has 1 saturated carbocycles. The van der Waals surface area contributed by atoms with E-state index in [0.717, 1.165) is 28.4 Å². The molecule has 1 aliphatic rings. The molecule has 0 radical (unpaired) electrons. The van der Waals surface area contributed by atoms with E-state index in [1.165, 1.54) is 42.4 Å². The molecule has 0 amide bonds. The lowest BCUT2D eigenvalue weighted by Gasteiger charge is -2.22. The quantitative estimate of drug-likeness (QED) is 0.564. The maximum atomic E-state index is 4.77. The van der Waals surface area contributed by atoms with E-state index in [-0.39, 0.29) is 0 Å². The second-order valence-corrected chi connectivity index (χ2v) is 8.05. The van der Waals surface area contributed by atoms with E-state index in [4.69, 9.17) is 4.98 Å². The molecule has 0 saturated heterocycles. The summed E-state index contributed by atoms with van der Waals surface area (Å²) < 4.78 is 3.33. The first-order chi connectivity index (χ1) is 12.8. The number of benzene rings is 1. The second kappa shape index (κ2) is 6.68. The number of hydrogen-bond acceptors (Lipinski definition) is 5. The molecule has 0 atom stereocenters. The average molecular weight is 363 g/mol. The number of rotatable bonds is 4. The van der Waals surface area contributed by atoms with Crippen LogP contribution in [0, 0.1) is 0 Å². The van der Waals surface area contributed by atoms with Crippen molar-refractivity contribution in [3.8, 4) is 0 Å². The Morgan fingerprint density at radius 1 is 1.08 bits per heavy atom. The first-order valence-electron chi connectivity index (χ1n) is 9.27. The van der Waals surface area contributed by atoms with Gasteiger partial charge in [-0.25, -0.2) is 15.0 Å². The summed E-state index contributed by atoms with van der Waals surface area (Å²) in [5.74, 6) is 0. The lowest BCUT2D eigenvalue weighted by atomic mass is 9.96. The van der Waals surface area contributed by atoms with Gasteiger partial charge in [-0.1, -0.05) is 36.7 Å². The second-order valence-electron chi connectivity index (χ2n) is 7.02. The summed E-state index contributed by atoms with van der Waals surface area (Å²) in [5.41, 5.74) is 4.18. The van der Waals surface area contributed by atoms with Gasteiger partial charge in [0.15, 0.2) is 10.8 Å². The Kier molecular flexibility index (Phi) is 4.05. The molecule has 6 heteroatoms. The van der Waals surface area contributed by atoms with Crippen molar-refractivity contribution >= 4 is 37.8 Å². The third-order valence-electron chi connectivity index (χ3n) is 5.11. The number of hydrogen-bond donors (Lipinski definition) is 1. The predicted molar refractivity (Wildman–Crippen MR) is 107 cm³/mol. The van der Waals surface area contributed by atoms with Crippen LogP contribution in [0.3, 0.4) is 0 Å². The molecule has 0 unspecified atom stereocenters. The summed E-state index contributed by atoms with van der Waals surface area (Å²) in [7, 11) is 0. The zero-order chi connectivity index (χ0) is 17.3. The van der Waals surface area contributed by atoms with Crippen molar-refractivity contribution < 1.29 is 0 Å². The summed E-state index contributed by atoms with van der Waals surface area (Å²) >= 11 is 1.76. The zero-order valence-electron chi connectivity index (χ0n) is 14.6. The van der Waals surface area contributed by atoms with E-state index in [1.54, 1.807) is 11.3 Å². The molecule has 3 aromatic heterocycles. The van der Waals surface area contributed by atoms with Gasteiger partial charge in [0.1, 0.15) is 5.52 Å². The Bertz CT molecular complexity index is 1040. The van der Waals surface area contributed by atoms with Gasteiger partial charge in [-0.3, -0.25) is 0 Å². The molecule has 1 fully saturated rings. The van der Waals surface area contributed by atoms with Gasteiger partial charge in [0, 0.05) is 12.2 Å². The summed E-state index contributed by atoms with van der Waals surface area (Å²) in [6.45, 7) is 0.771. The molecule has 1 N–H and O–H groups in total. The van der Waals surface area contributed by atoms with Crippen LogP contribution in [0.25, 0.3) is 21.4 Å². The number of pyridine rings is 1. The van der Waals surface area contributed by atoms with Crippen LogP contribution in [0.4, 0.5) is 5.13 Å². The number of fused-ring (bicyclic) bond motifs is 2. The molecule has 132 valence electrons. The van der Waals surface area contributed by atoms with E-state index >= 15 is 0 Å². The van der Waals surface area contributed by atoms with Gasteiger partial charge in [0.25, 0.3) is 0 Å². The van der Waals surface area contributed by atoms with Crippen molar-refractivity contribution in [3.63, 3.8) is 0 Å². The smallest absolute Gasteiger partial charge is 0.184 e. The van der Waals surface area contributed by atoms with Crippen LogP contribution >= 0.6 is 11.3 Å². The fraction of sp³-hybridized carbons (Fsp3) is 0.350. The molecule has 4 aromatic rings. The standard InChI is InChI=1S/C20H21N5S/c1-2-5-15(6-3-1)23-20-24-16-9-8-14(11-18(16)26-20)12-25-13-22-17-7-4-10-21-19(17)25/h4,7-11,13,15H,1-3,5-6,12H2,(H,23,24). The van der Waals surface area contributed by atoms with Gasteiger partial charge in [-0.05, 0) is 42.7 Å². The first-order valence-corrected chi connectivity index (χ1v) is 10.1. The highest BCUT2D eigenvalue weighted by molar-refractivity contribution is 7.22. The van der Waals surface area contributed by atoms with Crippen LogP contribution in [0.5, 0.6) is 0 Å². The molecular formula is C20H21N5S. The topological polar surface area (TPSA) is 55.6 Å². The van der Waals surface area contributed by atoms with Crippen molar-refractivity contribution in [1.29, 1.82) is 0 Å². The van der Waals surface area contributed by atoms with Crippen molar-refractivity contribution in [2.24, 2.45) is 0 Å². The van der Waals surface area contributed by atoms with Gasteiger partial charge >= 0.3 is 0 Å². The Hall–Kier alpha value is -2.47. The molecule has 0 aliphatic heterocycles. The largest absolute Gasteiger partial charge is 0.359 e. The minimum absolute atomic E-state index is 0.590. The zero-order valence-corrected chi connectivity index (χ0v) is 15.4. The van der Waals surface area contributed by atoms with Gasteiger partial charge in [-0.2, -0.15) is 0 Å². The Labute approximate surface area is 156 Å². The summed E-state index contributed by atoms with van der Waals surface area (Å²) in [5, 5.41) is 4.70. The maximum absolute atomic E-state index is 4.77. The number of aromatic nitrogens is 4. The van der Waals surface area contributed by atoms with Gasteiger partial charge in [-0.15, -0.1) is 0 Å². The highest BCUT2D eigenvalue weighted by atomic mass is 32.1. The van der Waals surface area contributed by atoms with Crippen LogP contribution in [-0.4, -0.2) is 25.6 Å². The van der Waals surface area contributed by atoms with E-state index in [1.807, 2.05) is 24.7 Å². The molecule has 0 spiro atoms. The maximum Gasteiger partial charge on any atom is 0.184 e. The minimum Gasteiger partial charge on any atom is -0.359 e. The van der Waals surface area contributed by atoms with Gasteiger partial charge in [0.05, 0.1) is 23.1 Å². The van der Waals surface area contributed by atoms with Crippen LogP contribution in [0.1, 0.15) is 37.7 Å². The molecule has 1 aromatic carbocycles. The van der Waals surface area contributed by atoms with Crippen molar-refractivity contribution in [2.75, 3.05) is 5.32 Å². The van der Waals surface area contributed by atoms with E-state index in [9.17, 15) is 0 Å².